The third kappa shape index (κ3) is 1.66. The smallest absolute Gasteiger partial charge is 0.226 e. The summed E-state index contributed by atoms with van der Waals surface area (Å²) < 4.78 is 6.77. The van der Waals surface area contributed by atoms with Gasteiger partial charge in [-0.2, -0.15) is 0 Å². The Morgan fingerprint density at radius 2 is 2.43 bits per heavy atom. The second-order valence-electron chi connectivity index (χ2n) is 2.83. The van der Waals surface area contributed by atoms with E-state index in [1.54, 1.807) is 23.3 Å². The summed E-state index contributed by atoms with van der Waals surface area (Å²) in [5.41, 5.74) is -0.439. The van der Waals surface area contributed by atoms with Gasteiger partial charge in [0.25, 0.3) is 0 Å². The number of aromatic nitrogens is 2. The van der Waals surface area contributed by atoms with Crippen LogP contribution in [0.2, 0.25) is 0 Å². The van der Waals surface area contributed by atoms with E-state index < -0.39 is 5.43 Å². The maximum absolute atomic E-state index is 11.0. The molecule has 2 heterocycles. The summed E-state index contributed by atoms with van der Waals surface area (Å²) in [5, 5.41) is 8.94. The van der Waals surface area contributed by atoms with E-state index in [1.807, 2.05) is 0 Å². The lowest BCUT2D eigenvalue weighted by molar-refractivity contribution is 0.408. The Balaban J connectivity index is 2.26. The molecule has 0 amide bonds. The number of imidazole rings is 1. The molecule has 5 nitrogen and oxygen atoms in total. The van der Waals surface area contributed by atoms with Gasteiger partial charge in [-0.15, -0.1) is 0 Å². The normalized spacial score (nSPS) is 10.3. The SMILES string of the molecule is O=c1cc(Cn2ccnc2)occ1O. The van der Waals surface area contributed by atoms with Gasteiger partial charge in [0.1, 0.15) is 12.0 Å². The third-order valence-corrected chi connectivity index (χ3v) is 1.76. The van der Waals surface area contributed by atoms with Crippen LogP contribution in [0.5, 0.6) is 5.75 Å². The van der Waals surface area contributed by atoms with Crippen molar-refractivity contribution in [1.29, 1.82) is 0 Å². The van der Waals surface area contributed by atoms with Crippen LogP contribution in [-0.2, 0) is 6.54 Å². The highest BCUT2D eigenvalue weighted by molar-refractivity contribution is 5.15. The van der Waals surface area contributed by atoms with Crippen molar-refractivity contribution in [3.05, 3.63) is 47.0 Å². The van der Waals surface area contributed by atoms with Gasteiger partial charge in [-0.25, -0.2) is 4.98 Å². The fourth-order valence-corrected chi connectivity index (χ4v) is 1.09. The molecule has 0 saturated carbocycles. The lowest BCUT2D eigenvalue weighted by Crippen LogP contribution is -2.03. The Labute approximate surface area is 79.3 Å². The summed E-state index contributed by atoms with van der Waals surface area (Å²) in [6, 6.07) is 1.26. The molecule has 2 aromatic rings. The van der Waals surface area contributed by atoms with Gasteiger partial charge in [-0.3, -0.25) is 4.79 Å². The van der Waals surface area contributed by atoms with Crippen molar-refractivity contribution < 1.29 is 9.52 Å². The molecule has 1 N–H and O–H groups in total. The van der Waals surface area contributed by atoms with Crippen LogP contribution in [-0.4, -0.2) is 14.7 Å². The van der Waals surface area contributed by atoms with Gasteiger partial charge in [0.2, 0.25) is 5.43 Å². The molecule has 0 saturated heterocycles. The maximum Gasteiger partial charge on any atom is 0.226 e. The molecule has 2 rings (SSSR count). The van der Waals surface area contributed by atoms with Gasteiger partial charge < -0.3 is 14.1 Å². The average Bonchev–Trinajstić information content (AvgIpc) is 2.64. The molecular formula is C9H8N2O3. The predicted molar refractivity (Wildman–Crippen MR) is 48.0 cm³/mol. The lowest BCUT2D eigenvalue weighted by Gasteiger charge is -2.00. The maximum atomic E-state index is 11.0. The van der Waals surface area contributed by atoms with Crippen LogP contribution >= 0.6 is 0 Å². The zero-order valence-electron chi connectivity index (χ0n) is 7.25. The fraction of sp³-hybridized carbons (Fsp3) is 0.111. The van der Waals surface area contributed by atoms with Gasteiger partial charge in [0.05, 0.1) is 12.9 Å². The van der Waals surface area contributed by atoms with Crippen LogP contribution in [0.1, 0.15) is 5.76 Å². The van der Waals surface area contributed by atoms with E-state index in [0.29, 0.717) is 12.3 Å². The first kappa shape index (κ1) is 8.55. The highest BCUT2D eigenvalue weighted by Crippen LogP contribution is 2.04. The number of rotatable bonds is 2. The molecule has 5 heteroatoms. The molecule has 0 aliphatic heterocycles. The van der Waals surface area contributed by atoms with E-state index in [2.05, 4.69) is 4.98 Å². The molecule has 0 spiro atoms. The molecule has 0 aromatic carbocycles. The van der Waals surface area contributed by atoms with Crippen molar-refractivity contribution in [2.24, 2.45) is 0 Å². The number of hydrogen-bond acceptors (Lipinski definition) is 4. The van der Waals surface area contributed by atoms with Crippen LogP contribution in [0.25, 0.3) is 0 Å². The van der Waals surface area contributed by atoms with E-state index in [1.165, 1.54) is 6.07 Å². The van der Waals surface area contributed by atoms with Crippen molar-refractivity contribution in [2.45, 2.75) is 6.54 Å². The number of nitrogens with zero attached hydrogens (tertiary/aromatic N) is 2. The molecule has 0 atom stereocenters. The quantitative estimate of drug-likeness (QED) is 0.756. The zero-order valence-corrected chi connectivity index (χ0v) is 7.25. The van der Waals surface area contributed by atoms with Gasteiger partial charge in [-0.05, 0) is 0 Å². The Kier molecular flexibility index (Phi) is 2.06. The molecule has 0 aliphatic rings. The van der Waals surface area contributed by atoms with E-state index in [-0.39, 0.29) is 5.75 Å². The first-order valence-electron chi connectivity index (χ1n) is 4.02. The van der Waals surface area contributed by atoms with Crippen molar-refractivity contribution >= 4 is 0 Å². The molecule has 0 unspecified atom stereocenters. The Morgan fingerprint density at radius 3 is 3.07 bits per heavy atom. The van der Waals surface area contributed by atoms with Crippen molar-refractivity contribution in [1.82, 2.24) is 9.55 Å². The van der Waals surface area contributed by atoms with Crippen LogP contribution in [0.4, 0.5) is 0 Å². The topological polar surface area (TPSA) is 68.3 Å². The molecule has 0 fully saturated rings. The van der Waals surface area contributed by atoms with Crippen LogP contribution in [0.15, 0.2) is 40.3 Å². The monoisotopic (exact) mass is 192 g/mol. The molecule has 2 aromatic heterocycles. The van der Waals surface area contributed by atoms with Crippen molar-refractivity contribution in [2.75, 3.05) is 0 Å². The Morgan fingerprint density at radius 1 is 1.57 bits per heavy atom. The Bertz CT molecular complexity index is 473. The summed E-state index contributed by atoms with van der Waals surface area (Å²) in [6.45, 7) is 0.426. The predicted octanol–water partition coefficient (Wildman–Crippen LogP) is 0.590. The summed E-state index contributed by atoms with van der Waals surface area (Å²) >= 11 is 0. The van der Waals surface area contributed by atoms with Gasteiger partial charge >= 0.3 is 0 Å². The van der Waals surface area contributed by atoms with E-state index in [9.17, 15) is 4.79 Å². The highest BCUT2D eigenvalue weighted by Gasteiger charge is 2.01. The molecule has 0 bridgehead atoms. The second kappa shape index (κ2) is 3.37. The zero-order chi connectivity index (χ0) is 9.97. The minimum atomic E-state index is -0.439. The first-order chi connectivity index (χ1) is 6.75. The largest absolute Gasteiger partial charge is 0.502 e. The summed E-state index contributed by atoms with van der Waals surface area (Å²) in [5.74, 6) is 0.102. The minimum Gasteiger partial charge on any atom is -0.502 e. The fourth-order valence-electron chi connectivity index (χ4n) is 1.09. The molecule has 0 radical (unpaired) electrons. The van der Waals surface area contributed by atoms with Crippen molar-refractivity contribution in [3.63, 3.8) is 0 Å². The van der Waals surface area contributed by atoms with Crippen LogP contribution < -0.4 is 5.43 Å². The van der Waals surface area contributed by atoms with Gasteiger partial charge in [0.15, 0.2) is 5.75 Å². The van der Waals surface area contributed by atoms with E-state index in [4.69, 9.17) is 9.52 Å². The Hall–Kier alpha value is -2.04. The minimum absolute atomic E-state index is 0.376. The number of hydrogen-bond donors (Lipinski definition) is 1. The second-order valence-corrected chi connectivity index (χ2v) is 2.83. The van der Waals surface area contributed by atoms with Gasteiger partial charge in [0, 0.05) is 18.5 Å². The molecule has 0 aliphatic carbocycles. The lowest BCUT2D eigenvalue weighted by atomic mass is 10.3. The van der Waals surface area contributed by atoms with Crippen LogP contribution in [0, 0.1) is 0 Å². The highest BCUT2D eigenvalue weighted by atomic mass is 16.4. The molecule has 72 valence electrons. The molecule has 14 heavy (non-hydrogen) atoms. The standard InChI is InChI=1S/C9H8N2O3/c12-8-3-7(14-5-9(8)13)4-11-2-1-10-6-11/h1-3,5-6,13H,4H2. The molecular weight excluding hydrogens is 184 g/mol. The van der Waals surface area contributed by atoms with Crippen molar-refractivity contribution in [3.8, 4) is 5.75 Å². The summed E-state index contributed by atoms with van der Waals surface area (Å²) in [4.78, 5) is 14.9. The van der Waals surface area contributed by atoms with E-state index >= 15 is 0 Å². The first-order valence-corrected chi connectivity index (χ1v) is 4.02. The summed E-state index contributed by atoms with van der Waals surface area (Å²) in [6.07, 6.45) is 6.05. The third-order valence-electron chi connectivity index (χ3n) is 1.76. The van der Waals surface area contributed by atoms with E-state index in [0.717, 1.165) is 6.26 Å². The van der Waals surface area contributed by atoms with Crippen LogP contribution in [0.3, 0.4) is 0 Å². The summed E-state index contributed by atoms with van der Waals surface area (Å²) in [7, 11) is 0. The van der Waals surface area contributed by atoms with Gasteiger partial charge in [-0.1, -0.05) is 0 Å². The number of aromatic hydroxyl groups is 1. The average molecular weight is 192 g/mol.